The van der Waals surface area contributed by atoms with E-state index >= 15 is 0 Å². The van der Waals surface area contributed by atoms with E-state index in [0.717, 1.165) is 12.5 Å². The first-order valence-electron chi connectivity index (χ1n) is 8.56. The molecule has 0 atom stereocenters. The minimum Gasteiger partial charge on any atom is -0.374 e. The van der Waals surface area contributed by atoms with Crippen LogP contribution in [0.4, 0.5) is 0 Å². The van der Waals surface area contributed by atoms with Crippen molar-refractivity contribution < 1.29 is 4.74 Å². The quantitative estimate of drug-likeness (QED) is 0.585. The second kappa shape index (κ2) is 9.77. The molecule has 0 aromatic carbocycles. The van der Waals surface area contributed by atoms with Gasteiger partial charge in [-0.1, -0.05) is 52.4 Å². The topological polar surface area (TPSA) is 35.2 Å². The van der Waals surface area contributed by atoms with Gasteiger partial charge in [-0.05, 0) is 38.0 Å². The summed E-state index contributed by atoms with van der Waals surface area (Å²) in [6.45, 7) is 6.23. The molecule has 0 aromatic heterocycles. The van der Waals surface area contributed by atoms with Crippen molar-refractivity contribution in [2.75, 3.05) is 13.2 Å². The third-order valence-corrected chi connectivity index (χ3v) is 4.71. The molecule has 0 unspecified atom stereocenters. The summed E-state index contributed by atoms with van der Waals surface area (Å²) < 4.78 is 6.17. The Morgan fingerprint density at radius 2 is 1.58 bits per heavy atom. The van der Waals surface area contributed by atoms with Crippen molar-refractivity contribution in [3.8, 4) is 0 Å². The minimum atomic E-state index is 0.0225. The standard InChI is InChI=1S/C17H35NO/c1-3-4-5-6-7-8-9-14-19-17(15-18)12-10-16(2)11-13-17/h16H,3-15,18H2,1-2H3. The van der Waals surface area contributed by atoms with Gasteiger partial charge in [-0.15, -0.1) is 0 Å². The highest BCUT2D eigenvalue weighted by Gasteiger charge is 2.33. The van der Waals surface area contributed by atoms with Gasteiger partial charge in [0.2, 0.25) is 0 Å². The van der Waals surface area contributed by atoms with Crippen LogP contribution in [-0.2, 0) is 4.74 Å². The molecule has 1 aliphatic rings. The molecule has 114 valence electrons. The monoisotopic (exact) mass is 269 g/mol. The molecule has 0 saturated heterocycles. The van der Waals surface area contributed by atoms with Crippen molar-refractivity contribution in [1.82, 2.24) is 0 Å². The lowest BCUT2D eigenvalue weighted by Gasteiger charge is -2.38. The summed E-state index contributed by atoms with van der Waals surface area (Å²) >= 11 is 0. The Labute approximate surface area is 120 Å². The molecular weight excluding hydrogens is 234 g/mol. The van der Waals surface area contributed by atoms with E-state index < -0.39 is 0 Å². The lowest BCUT2D eigenvalue weighted by Crippen LogP contribution is -2.44. The summed E-state index contributed by atoms with van der Waals surface area (Å²) in [7, 11) is 0. The summed E-state index contributed by atoms with van der Waals surface area (Å²) in [6.07, 6.45) is 14.3. The first-order valence-corrected chi connectivity index (χ1v) is 8.56. The predicted molar refractivity (Wildman–Crippen MR) is 83.4 cm³/mol. The van der Waals surface area contributed by atoms with Gasteiger partial charge < -0.3 is 10.5 Å². The number of nitrogens with two attached hydrogens (primary N) is 1. The Hall–Kier alpha value is -0.0800. The van der Waals surface area contributed by atoms with Crippen molar-refractivity contribution in [1.29, 1.82) is 0 Å². The zero-order valence-corrected chi connectivity index (χ0v) is 13.3. The van der Waals surface area contributed by atoms with E-state index in [9.17, 15) is 0 Å². The van der Waals surface area contributed by atoms with Crippen LogP contribution in [0.2, 0.25) is 0 Å². The van der Waals surface area contributed by atoms with Gasteiger partial charge in [-0.25, -0.2) is 0 Å². The molecule has 19 heavy (non-hydrogen) atoms. The average molecular weight is 269 g/mol. The molecule has 0 spiro atoms. The van der Waals surface area contributed by atoms with E-state index in [4.69, 9.17) is 10.5 Å². The zero-order valence-electron chi connectivity index (χ0n) is 13.3. The van der Waals surface area contributed by atoms with E-state index in [2.05, 4.69) is 13.8 Å². The third kappa shape index (κ3) is 6.76. The number of hydrogen-bond acceptors (Lipinski definition) is 2. The Bertz CT molecular complexity index is 209. The molecular formula is C17H35NO. The molecule has 0 amide bonds. The summed E-state index contributed by atoms with van der Waals surface area (Å²) in [5, 5.41) is 0. The minimum absolute atomic E-state index is 0.0225. The van der Waals surface area contributed by atoms with Gasteiger partial charge in [0.25, 0.3) is 0 Å². The van der Waals surface area contributed by atoms with Gasteiger partial charge in [-0.3, -0.25) is 0 Å². The van der Waals surface area contributed by atoms with Gasteiger partial charge in [0.05, 0.1) is 5.60 Å². The maximum Gasteiger partial charge on any atom is 0.0804 e. The Kier molecular flexibility index (Phi) is 8.72. The summed E-state index contributed by atoms with van der Waals surface area (Å²) in [6, 6.07) is 0. The molecule has 2 heteroatoms. The summed E-state index contributed by atoms with van der Waals surface area (Å²) in [5.41, 5.74) is 5.98. The lowest BCUT2D eigenvalue weighted by molar-refractivity contribution is -0.0712. The van der Waals surface area contributed by atoms with Crippen molar-refractivity contribution in [2.24, 2.45) is 11.7 Å². The second-order valence-corrected chi connectivity index (χ2v) is 6.54. The van der Waals surface area contributed by atoms with Crippen LogP contribution in [0.15, 0.2) is 0 Å². The molecule has 0 aromatic rings. The summed E-state index contributed by atoms with van der Waals surface area (Å²) in [5.74, 6) is 0.863. The van der Waals surface area contributed by atoms with E-state index in [-0.39, 0.29) is 5.60 Å². The number of rotatable bonds is 10. The van der Waals surface area contributed by atoms with E-state index in [1.54, 1.807) is 0 Å². The maximum atomic E-state index is 6.17. The van der Waals surface area contributed by atoms with Gasteiger partial charge >= 0.3 is 0 Å². The Morgan fingerprint density at radius 3 is 2.16 bits per heavy atom. The smallest absolute Gasteiger partial charge is 0.0804 e. The van der Waals surface area contributed by atoms with Crippen LogP contribution in [0.1, 0.15) is 84.5 Å². The molecule has 0 bridgehead atoms. The van der Waals surface area contributed by atoms with Crippen LogP contribution >= 0.6 is 0 Å². The van der Waals surface area contributed by atoms with Crippen LogP contribution in [0.25, 0.3) is 0 Å². The van der Waals surface area contributed by atoms with E-state index in [1.807, 2.05) is 0 Å². The first-order chi connectivity index (χ1) is 9.22. The maximum absolute atomic E-state index is 6.17. The van der Waals surface area contributed by atoms with Crippen LogP contribution in [0, 0.1) is 5.92 Å². The highest BCUT2D eigenvalue weighted by atomic mass is 16.5. The molecule has 0 radical (unpaired) electrons. The fourth-order valence-corrected chi connectivity index (χ4v) is 3.04. The molecule has 1 rings (SSSR count). The second-order valence-electron chi connectivity index (χ2n) is 6.54. The van der Waals surface area contributed by atoms with Gasteiger partial charge in [0, 0.05) is 13.2 Å². The van der Waals surface area contributed by atoms with Crippen molar-refractivity contribution >= 4 is 0 Å². The number of unbranched alkanes of at least 4 members (excludes halogenated alkanes) is 6. The van der Waals surface area contributed by atoms with Crippen LogP contribution < -0.4 is 5.73 Å². The number of hydrogen-bond donors (Lipinski definition) is 1. The number of ether oxygens (including phenoxy) is 1. The van der Waals surface area contributed by atoms with Crippen molar-refractivity contribution in [2.45, 2.75) is 90.1 Å². The van der Waals surface area contributed by atoms with Gasteiger partial charge in [0.1, 0.15) is 0 Å². The molecule has 0 aliphatic heterocycles. The highest BCUT2D eigenvalue weighted by Crippen LogP contribution is 2.34. The first kappa shape index (κ1) is 17.0. The van der Waals surface area contributed by atoms with Gasteiger partial charge in [0.15, 0.2) is 0 Å². The van der Waals surface area contributed by atoms with E-state index in [1.165, 1.54) is 70.6 Å². The molecule has 2 N–H and O–H groups in total. The van der Waals surface area contributed by atoms with Crippen molar-refractivity contribution in [3.63, 3.8) is 0 Å². The van der Waals surface area contributed by atoms with E-state index in [0.29, 0.717) is 6.54 Å². The van der Waals surface area contributed by atoms with Crippen molar-refractivity contribution in [3.05, 3.63) is 0 Å². The normalized spacial score (nSPS) is 27.6. The fraction of sp³-hybridized carbons (Fsp3) is 1.00. The lowest BCUT2D eigenvalue weighted by atomic mass is 9.79. The van der Waals surface area contributed by atoms with Crippen LogP contribution in [-0.4, -0.2) is 18.8 Å². The van der Waals surface area contributed by atoms with Crippen LogP contribution in [0.3, 0.4) is 0 Å². The highest BCUT2D eigenvalue weighted by molar-refractivity contribution is 4.87. The molecule has 1 saturated carbocycles. The molecule has 1 aliphatic carbocycles. The zero-order chi connectivity index (χ0) is 14.0. The van der Waals surface area contributed by atoms with Crippen LogP contribution in [0.5, 0.6) is 0 Å². The third-order valence-electron chi connectivity index (χ3n) is 4.71. The summed E-state index contributed by atoms with van der Waals surface area (Å²) in [4.78, 5) is 0. The Balaban J connectivity index is 2.03. The fourth-order valence-electron chi connectivity index (χ4n) is 3.04. The SMILES string of the molecule is CCCCCCCCCOC1(CN)CCC(C)CC1. The molecule has 0 heterocycles. The average Bonchev–Trinajstić information content (AvgIpc) is 2.44. The molecule has 2 nitrogen and oxygen atoms in total. The predicted octanol–water partition coefficient (Wildman–Crippen LogP) is 4.66. The molecule has 1 fully saturated rings. The van der Waals surface area contributed by atoms with Gasteiger partial charge in [-0.2, -0.15) is 0 Å². The largest absolute Gasteiger partial charge is 0.374 e. The Morgan fingerprint density at radius 1 is 1.00 bits per heavy atom.